The fraction of sp³-hybridized carbons (Fsp3) is 0.375. The topological polar surface area (TPSA) is 18.5 Å². The Kier molecular flexibility index (Phi) is 3.72. The molecule has 0 unspecified atom stereocenters. The Hall–Kier alpha value is -0.760. The molecule has 2 heteroatoms. The summed E-state index contributed by atoms with van der Waals surface area (Å²) in [5, 5.41) is 0. The van der Waals surface area contributed by atoms with Crippen LogP contribution in [0.5, 0.6) is 0 Å². The quantitative estimate of drug-likeness (QED) is 0.504. The largest absolute Gasteiger partial charge is 0.490 e. The van der Waals surface area contributed by atoms with Crippen molar-refractivity contribution in [2.75, 3.05) is 13.2 Å². The molecule has 2 nitrogen and oxygen atoms in total. The summed E-state index contributed by atoms with van der Waals surface area (Å²) >= 11 is 0. The minimum absolute atomic E-state index is 0.764. The van der Waals surface area contributed by atoms with Gasteiger partial charge in [0.25, 0.3) is 0 Å². The van der Waals surface area contributed by atoms with E-state index < -0.39 is 0 Å². The van der Waals surface area contributed by atoms with Gasteiger partial charge in [-0.05, 0) is 6.08 Å². The van der Waals surface area contributed by atoms with Crippen molar-refractivity contribution >= 4 is 0 Å². The lowest BCUT2D eigenvalue weighted by atomic mass is 10.5. The molecule has 2 aliphatic rings. The first-order valence-electron chi connectivity index (χ1n) is 3.29. The van der Waals surface area contributed by atoms with E-state index in [9.17, 15) is 0 Å². The molecule has 0 N–H and O–H groups in total. The van der Waals surface area contributed by atoms with Gasteiger partial charge >= 0.3 is 0 Å². The van der Waals surface area contributed by atoms with Crippen molar-refractivity contribution in [1.29, 1.82) is 0 Å². The van der Waals surface area contributed by atoms with Gasteiger partial charge in [0.05, 0.1) is 13.2 Å². The van der Waals surface area contributed by atoms with Gasteiger partial charge in [-0.1, -0.05) is 12.2 Å². The smallest absolute Gasteiger partial charge is 0.156 e. The first kappa shape index (κ1) is 7.35. The van der Waals surface area contributed by atoms with Crippen LogP contribution in [0, 0.1) is 12.9 Å². The lowest BCUT2D eigenvalue weighted by Crippen LogP contribution is -1.71. The molecule has 0 amide bonds. The van der Waals surface area contributed by atoms with Gasteiger partial charge in [-0.2, -0.15) is 0 Å². The van der Waals surface area contributed by atoms with E-state index in [-0.39, 0.29) is 0 Å². The molecule has 2 radical (unpaired) electrons. The minimum Gasteiger partial charge on any atom is -0.490 e. The zero-order valence-corrected chi connectivity index (χ0v) is 5.75. The van der Waals surface area contributed by atoms with E-state index in [1.54, 1.807) is 6.61 Å². The van der Waals surface area contributed by atoms with Crippen LogP contribution in [0.3, 0.4) is 0 Å². The summed E-state index contributed by atoms with van der Waals surface area (Å²) in [6.45, 7) is 3.28. The SMILES string of the molecule is [CH]1C=CCO1.[C]1=CCCO1. The molecule has 0 aromatic rings. The van der Waals surface area contributed by atoms with Crippen molar-refractivity contribution in [1.82, 2.24) is 0 Å². The molecule has 0 saturated heterocycles. The highest BCUT2D eigenvalue weighted by molar-refractivity contribution is 4.94. The minimum atomic E-state index is 0.764. The molecule has 2 heterocycles. The second-order valence-electron chi connectivity index (χ2n) is 1.86. The molecule has 2 rings (SSSR count). The maximum Gasteiger partial charge on any atom is 0.156 e. The molecule has 0 bridgehead atoms. The molecular formula is C8H10O2. The molecule has 0 fully saturated rings. The summed E-state index contributed by atoms with van der Waals surface area (Å²) in [6, 6.07) is 0. The first-order valence-corrected chi connectivity index (χ1v) is 3.29. The Bertz CT molecular complexity index is 99.2. The summed E-state index contributed by atoms with van der Waals surface area (Å²) in [5.41, 5.74) is 0. The number of hydrogen-bond donors (Lipinski definition) is 0. The third-order valence-electron chi connectivity index (χ3n) is 1.03. The lowest BCUT2D eigenvalue weighted by molar-refractivity contribution is 0.261. The van der Waals surface area contributed by atoms with Crippen molar-refractivity contribution in [2.24, 2.45) is 0 Å². The number of rotatable bonds is 0. The van der Waals surface area contributed by atoms with Crippen molar-refractivity contribution in [2.45, 2.75) is 6.42 Å². The molecule has 54 valence electrons. The predicted molar refractivity (Wildman–Crippen MR) is 37.8 cm³/mol. The Balaban J connectivity index is 0.0000001000. The van der Waals surface area contributed by atoms with Gasteiger partial charge < -0.3 is 9.47 Å². The average molecular weight is 138 g/mol. The second-order valence-corrected chi connectivity index (χ2v) is 1.86. The van der Waals surface area contributed by atoms with E-state index in [4.69, 9.17) is 4.74 Å². The molecular weight excluding hydrogens is 128 g/mol. The van der Waals surface area contributed by atoms with Crippen LogP contribution >= 0.6 is 0 Å². The van der Waals surface area contributed by atoms with Crippen molar-refractivity contribution in [3.05, 3.63) is 31.1 Å². The molecule has 10 heavy (non-hydrogen) atoms. The first-order chi connectivity index (χ1) is 5.00. The van der Waals surface area contributed by atoms with Crippen LogP contribution in [0.25, 0.3) is 0 Å². The summed E-state index contributed by atoms with van der Waals surface area (Å²) in [7, 11) is 0. The molecule has 0 spiro atoms. The van der Waals surface area contributed by atoms with Crippen molar-refractivity contribution in [3.8, 4) is 0 Å². The molecule has 2 aliphatic heterocycles. The maximum absolute atomic E-state index is 4.71. The van der Waals surface area contributed by atoms with E-state index in [2.05, 4.69) is 11.0 Å². The summed E-state index contributed by atoms with van der Waals surface area (Å²) < 4.78 is 9.35. The highest BCUT2D eigenvalue weighted by atomic mass is 16.5. The van der Waals surface area contributed by atoms with Crippen LogP contribution < -0.4 is 0 Å². The van der Waals surface area contributed by atoms with Gasteiger partial charge in [-0.15, -0.1) is 0 Å². The highest BCUT2D eigenvalue weighted by Crippen LogP contribution is 1.92. The third kappa shape index (κ3) is 3.30. The summed E-state index contributed by atoms with van der Waals surface area (Å²) in [6.07, 6.45) is 9.38. The second kappa shape index (κ2) is 5.06. The van der Waals surface area contributed by atoms with Gasteiger partial charge in [0.15, 0.2) is 6.26 Å². The maximum atomic E-state index is 4.71. The van der Waals surface area contributed by atoms with Crippen LogP contribution in [0.4, 0.5) is 0 Å². The monoisotopic (exact) mass is 138 g/mol. The summed E-state index contributed by atoms with van der Waals surface area (Å²) in [5.74, 6) is 0. The zero-order valence-electron chi connectivity index (χ0n) is 5.75. The van der Waals surface area contributed by atoms with Crippen LogP contribution in [-0.4, -0.2) is 13.2 Å². The van der Waals surface area contributed by atoms with Gasteiger partial charge in [0.2, 0.25) is 0 Å². The van der Waals surface area contributed by atoms with Crippen LogP contribution in [0.1, 0.15) is 6.42 Å². The van der Waals surface area contributed by atoms with E-state index >= 15 is 0 Å². The number of ether oxygens (including phenoxy) is 2. The lowest BCUT2D eigenvalue weighted by Gasteiger charge is -1.78. The number of hydrogen-bond acceptors (Lipinski definition) is 2. The normalized spacial score (nSPS) is 20.0. The molecule has 0 aromatic carbocycles. The van der Waals surface area contributed by atoms with Gasteiger partial charge in [-0.25, -0.2) is 0 Å². The fourth-order valence-corrected chi connectivity index (χ4v) is 0.572. The van der Waals surface area contributed by atoms with E-state index in [0.717, 1.165) is 19.6 Å². The molecule has 0 saturated carbocycles. The Labute approximate surface area is 61.1 Å². The molecule has 0 aromatic heterocycles. The Morgan fingerprint density at radius 3 is 2.60 bits per heavy atom. The van der Waals surface area contributed by atoms with Gasteiger partial charge in [-0.3, -0.25) is 0 Å². The van der Waals surface area contributed by atoms with Crippen molar-refractivity contribution < 1.29 is 9.47 Å². The van der Waals surface area contributed by atoms with E-state index in [1.807, 2.05) is 18.2 Å². The molecule has 0 aliphatic carbocycles. The van der Waals surface area contributed by atoms with Crippen LogP contribution in [0.2, 0.25) is 0 Å². The fourth-order valence-electron chi connectivity index (χ4n) is 0.572. The van der Waals surface area contributed by atoms with Crippen LogP contribution in [-0.2, 0) is 9.47 Å². The predicted octanol–water partition coefficient (Wildman–Crippen LogP) is 1.46. The van der Waals surface area contributed by atoms with Crippen molar-refractivity contribution in [3.63, 3.8) is 0 Å². The standard InChI is InChI=1S/2C4H5O/c2*1-2-4-5-3-1/h1H,2,4H2;1-3H,4H2. The van der Waals surface area contributed by atoms with E-state index in [1.165, 1.54) is 0 Å². The average Bonchev–Trinajstić information content (AvgIpc) is 2.67. The zero-order chi connectivity index (χ0) is 7.07. The third-order valence-corrected chi connectivity index (χ3v) is 1.03. The van der Waals surface area contributed by atoms with E-state index in [0.29, 0.717) is 0 Å². The Morgan fingerprint density at radius 1 is 1.40 bits per heavy atom. The Morgan fingerprint density at radius 2 is 2.40 bits per heavy atom. The summed E-state index contributed by atoms with van der Waals surface area (Å²) in [4.78, 5) is 0. The molecule has 0 atom stereocenters. The van der Waals surface area contributed by atoms with Gasteiger partial charge in [0.1, 0.15) is 6.61 Å². The van der Waals surface area contributed by atoms with Crippen LogP contribution in [0.15, 0.2) is 18.2 Å². The van der Waals surface area contributed by atoms with Gasteiger partial charge in [0, 0.05) is 6.42 Å². The highest BCUT2D eigenvalue weighted by Gasteiger charge is 1.85.